The number of nitrogens with zero attached hydrogens (tertiary/aromatic N) is 1. The molecule has 6 heteroatoms. The molecule has 5 nitrogen and oxygen atoms in total. The van der Waals surface area contributed by atoms with Gasteiger partial charge in [-0.3, -0.25) is 9.59 Å². The largest absolute Gasteiger partial charge is 0.339 e. The Kier molecular flexibility index (Phi) is 3.62. The van der Waals surface area contributed by atoms with Gasteiger partial charge in [-0.1, -0.05) is 40.9 Å². The summed E-state index contributed by atoms with van der Waals surface area (Å²) in [5.41, 5.74) is 0.726. The molecule has 1 aliphatic carbocycles. The summed E-state index contributed by atoms with van der Waals surface area (Å²) in [5.74, 6) is -1.76. The summed E-state index contributed by atoms with van der Waals surface area (Å²) < 4.78 is 0. The molecule has 2 amide bonds. The van der Waals surface area contributed by atoms with E-state index < -0.39 is 23.2 Å². The molecule has 1 fully saturated rings. The van der Waals surface area contributed by atoms with Crippen LogP contribution in [0.5, 0.6) is 0 Å². The van der Waals surface area contributed by atoms with Crippen LogP contribution in [0.15, 0.2) is 48.5 Å². The summed E-state index contributed by atoms with van der Waals surface area (Å²) in [7, 11) is 0. The maximum Gasteiger partial charge on any atom is 0.339 e. The SMILES string of the molecule is O=C1c2ccccc2C(=O)N1OC(=O)C1(Cc2cccc(Cl)c2)CC1. The average Bonchev–Trinajstić information content (AvgIpc) is 3.34. The van der Waals surface area contributed by atoms with E-state index >= 15 is 0 Å². The van der Waals surface area contributed by atoms with Crippen LogP contribution in [-0.2, 0) is 16.1 Å². The Hall–Kier alpha value is -2.66. The first kappa shape index (κ1) is 15.8. The molecular weight excluding hydrogens is 342 g/mol. The van der Waals surface area contributed by atoms with Crippen LogP contribution in [0.3, 0.4) is 0 Å². The third-order valence-electron chi connectivity index (χ3n) is 4.65. The van der Waals surface area contributed by atoms with Crippen LogP contribution in [0, 0.1) is 5.41 Å². The zero-order valence-corrected chi connectivity index (χ0v) is 14.0. The van der Waals surface area contributed by atoms with E-state index in [0.717, 1.165) is 5.56 Å². The standard InChI is InChI=1S/C19H14ClNO4/c20-13-5-3-4-12(10-13)11-19(8-9-19)18(24)25-21-16(22)14-6-1-2-7-15(14)17(21)23/h1-7,10H,8-9,11H2. The zero-order chi connectivity index (χ0) is 17.6. The normalized spacial score (nSPS) is 17.4. The lowest BCUT2D eigenvalue weighted by Gasteiger charge is -2.18. The van der Waals surface area contributed by atoms with Crippen molar-refractivity contribution in [3.63, 3.8) is 0 Å². The quantitative estimate of drug-likeness (QED) is 0.788. The van der Waals surface area contributed by atoms with E-state index in [4.69, 9.17) is 16.4 Å². The number of hydrogen-bond donors (Lipinski definition) is 0. The minimum atomic E-state index is -0.694. The Balaban J connectivity index is 1.51. The highest BCUT2D eigenvalue weighted by Crippen LogP contribution is 2.50. The maximum absolute atomic E-state index is 12.6. The molecule has 1 heterocycles. The number of halogens is 1. The lowest BCUT2D eigenvalue weighted by molar-refractivity contribution is -0.175. The number of carbonyl (C=O) groups is 3. The predicted molar refractivity (Wildman–Crippen MR) is 89.9 cm³/mol. The van der Waals surface area contributed by atoms with Crippen LogP contribution in [0.1, 0.15) is 39.1 Å². The first-order chi connectivity index (χ1) is 12.0. The van der Waals surface area contributed by atoms with Gasteiger partial charge in [0.2, 0.25) is 0 Å². The monoisotopic (exact) mass is 355 g/mol. The summed E-state index contributed by atoms with van der Waals surface area (Å²) in [6, 6.07) is 13.7. The number of carbonyl (C=O) groups excluding carboxylic acids is 3. The van der Waals surface area contributed by atoms with Crippen LogP contribution in [0.2, 0.25) is 5.02 Å². The number of imide groups is 1. The molecule has 0 N–H and O–H groups in total. The molecule has 0 bridgehead atoms. The van der Waals surface area contributed by atoms with Gasteiger partial charge in [0.15, 0.2) is 0 Å². The number of fused-ring (bicyclic) bond motifs is 1. The molecule has 0 spiro atoms. The third-order valence-corrected chi connectivity index (χ3v) is 4.88. The second kappa shape index (κ2) is 5.70. The van der Waals surface area contributed by atoms with Gasteiger partial charge in [0, 0.05) is 5.02 Å². The van der Waals surface area contributed by atoms with E-state index in [1.807, 2.05) is 12.1 Å². The smallest absolute Gasteiger partial charge is 0.329 e. The van der Waals surface area contributed by atoms with Crippen molar-refractivity contribution in [3.8, 4) is 0 Å². The highest BCUT2D eigenvalue weighted by atomic mass is 35.5. The molecule has 1 saturated carbocycles. The summed E-state index contributed by atoms with van der Waals surface area (Å²) in [6.07, 6.45) is 1.78. The molecule has 0 unspecified atom stereocenters. The van der Waals surface area contributed by atoms with Crippen LogP contribution in [0.4, 0.5) is 0 Å². The van der Waals surface area contributed by atoms with Crippen LogP contribution in [-0.4, -0.2) is 22.8 Å². The van der Waals surface area contributed by atoms with Crippen LogP contribution in [0.25, 0.3) is 0 Å². The fourth-order valence-corrected chi connectivity index (χ4v) is 3.28. The number of hydrogen-bond acceptors (Lipinski definition) is 4. The molecule has 0 radical (unpaired) electrons. The fourth-order valence-electron chi connectivity index (χ4n) is 3.07. The van der Waals surface area contributed by atoms with Gasteiger partial charge in [-0.05, 0) is 49.1 Å². The molecule has 2 aromatic carbocycles. The number of amides is 2. The van der Waals surface area contributed by atoms with E-state index in [-0.39, 0.29) is 11.1 Å². The topological polar surface area (TPSA) is 63.7 Å². The van der Waals surface area contributed by atoms with Gasteiger partial charge in [0.1, 0.15) is 0 Å². The van der Waals surface area contributed by atoms with Gasteiger partial charge in [0.25, 0.3) is 11.8 Å². The van der Waals surface area contributed by atoms with Crippen molar-refractivity contribution >= 4 is 29.4 Å². The second-order valence-corrected chi connectivity index (χ2v) is 6.85. The lowest BCUT2D eigenvalue weighted by Crippen LogP contribution is -2.36. The molecular formula is C19H14ClNO4. The van der Waals surface area contributed by atoms with Crippen molar-refractivity contribution in [2.24, 2.45) is 5.41 Å². The summed E-state index contributed by atoms with van der Waals surface area (Å²) in [5, 5.41) is 1.17. The van der Waals surface area contributed by atoms with Gasteiger partial charge >= 0.3 is 5.97 Å². The number of benzene rings is 2. The molecule has 4 rings (SSSR count). The van der Waals surface area contributed by atoms with Gasteiger partial charge in [-0.25, -0.2) is 4.79 Å². The Morgan fingerprint density at radius 2 is 1.68 bits per heavy atom. The van der Waals surface area contributed by atoms with Gasteiger partial charge < -0.3 is 4.84 Å². The molecule has 0 aromatic heterocycles. The van der Waals surface area contributed by atoms with Crippen molar-refractivity contribution in [1.82, 2.24) is 5.06 Å². The molecule has 2 aromatic rings. The second-order valence-electron chi connectivity index (χ2n) is 6.42. The summed E-state index contributed by atoms with van der Waals surface area (Å²) in [6.45, 7) is 0. The first-order valence-electron chi connectivity index (χ1n) is 7.95. The molecule has 2 aliphatic rings. The molecule has 0 atom stereocenters. The van der Waals surface area contributed by atoms with E-state index in [9.17, 15) is 14.4 Å². The highest BCUT2D eigenvalue weighted by Gasteiger charge is 2.53. The van der Waals surface area contributed by atoms with Crippen LogP contribution < -0.4 is 0 Å². The van der Waals surface area contributed by atoms with Crippen molar-refractivity contribution in [2.75, 3.05) is 0 Å². The van der Waals surface area contributed by atoms with E-state index in [0.29, 0.717) is 29.3 Å². The first-order valence-corrected chi connectivity index (χ1v) is 8.33. The van der Waals surface area contributed by atoms with Crippen molar-refractivity contribution in [2.45, 2.75) is 19.3 Å². The fraction of sp³-hybridized carbons (Fsp3) is 0.211. The van der Waals surface area contributed by atoms with E-state index in [2.05, 4.69) is 0 Å². The zero-order valence-electron chi connectivity index (χ0n) is 13.2. The predicted octanol–water partition coefficient (Wildman–Crippen LogP) is 3.42. The third kappa shape index (κ3) is 2.70. The Morgan fingerprint density at radius 3 is 2.24 bits per heavy atom. The van der Waals surface area contributed by atoms with Crippen LogP contribution >= 0.6 is 11.6 Å². The molecule has 0 saturated heterocycles. The van der Waals surface area contributed by atoms with Gasteiger partial charge in [0.05, 0.1) is 16.5 Å². The summed E-state index contributed by atoms with van der Waals surface area (Å²) >= 11 is 5.99. The van der Waals surface area contributed by atoms with Crippen molar-refractivity contribution in [1.29, 1.82) is 0 Å². The Labute approximate surface area is 149 Å². The lowest BCUT2D eigenvalue weighted by atomic mass is 9.97. The summed E-state index contributed by atoms with van der Waals surface area (Å²) in [4.78, 5) is 42.4. The molecule has 25 heavy (non-hydrogen) atoms. The molecule has 126 valence electrons. The van der Waals surface area contributed by atoms with Gasteiger partial charge in [-0.15, -0.1) is 0 Å². The maximum atomic E-state index is 12.6. The Morgan fingerprint density at radius 1 is 1.04 bits per heavy atom. The Bertz CT molecular complexity index is 869. The number of hydroxylamine groups is 2. The molecule has 1 aliphatic heterocycles. The van der Waals surface area contributed by atoms with E-state index in [1.54, 1.807) is 36.4 Å². The minimum Gasteiger partial charge on any atom is -0.329 e. The highest BCUT2D eigenvalue weighted by molar-refractivity contribution is 6.30. The average molecular weight is 356 g/mol. The van der Waals surface area contributed by atoms with Crippen molar-refractivity contribution in [3.05, 3.63) is 70.2 Å². The van der Waals surface area contributed by atoms with E-state index in [1.165, 1.54) is 0 Å². The van der Waals surface area contributed by atoms with Gasteiger partial charge in [-0.2, -0.15) is 0 Å². The number of rotatable bonds is 4. The van der Waals surface area contributed by atoms with Crippen molar-refractivity contribution < 1.29 is 19.2 Å². The minimum absolute atomic E-state index is 0.250.